The van der Waals surface area contributed by atoms with Gasteiger partial charge in [-0.3, -0.25) is 0 Å². The molecule has 0 unspecified atom stereocenters. The Hall–Kier alpha value is -4.01. The van der Waals surface area contributed by atoms with Crippen LogP contribution in [0.2, 0.25) is 0 Å². The maximum atomic E-state index is 14.0. The normalized spacial score (nSPS) is 11.9. The fraction of sp³-hybridized carbons (Fsp3) is 0.0870. The Balaban J connectivity index is 1.64. The Morgan fingerprint density at radius 2 is 1.69 bits per heavy atom. The number of halogens is 4. The van der Waals surface area contributed by atoms with Crippen LogP contribution < -0.4 is 0 Å². The van der Waals surface area contributed by atoms with E-state index >= 15 is 0 Å². The molecular weight excluding hydrogens is 422 g/mol. The number of H-pyrrole nitrogens is 1. The Morgan fingerprint density at radius 1 is 0.906 bits per heavy atom. The minimum Gasteiger partial charge on any atom is -0.337 e. The zero-order chi connectivity index (χ0) is 22.5. The van der Waals surface area contributed by atoms with Gasteiger partial charge in [0, 0.05) is 18.2 Å². The van der Waals surface area contributed by atoms with E-state index in [4.69, 9.17) is 0 Å². The number of rotatable bonds is 3. The SMILES string of the molecule is Cn1cnnc1-c1cc(F)ccc1-c1cccc(-c2nc3cccc(C(F)(F)F)c3[nH]2)c1. The molecule has 0 radical (unpaired) electrons. The monoisotopic (exact) mass is 437 g/mol. The number of aromatic nitrogens is 5. The zero-order valence-electron chi connectivity index (χ0n) is 16.7. The molecule has 0 fully saturated rings. The van der Waals surface area contributed by atoms with Gasteiger partial charge in [-0.2, -0.15) is 13.2 Å². The molecule has 2 heterocycles. The maximum Gasteiger partial charge on any atom is 0.418 e. The van der Waals surface area contributed by atoms with Gasteiger partial charge in [-0.05, 0) is 41.5 Å². The number of hydrogen-bond acceptors (Lipinski definition) is 3. The molecular formula is C23H15F4N5. The standard InChI is InChI=1S/C23H15F4N5/c1-32-12-28-31-22(32)17-11-15(24)8-9-16(17)13-4-2-5-14(10-13)21-29-19-7-3-6-18(20(19)30-21)23(25,26)27/h2-12H,1H3,(H,29,30). The minimum absolute atomic E-state index is 0.0676. The Bertz CT molecular complexity index is 1450. The van der Waals surface area contributed by atoms with E-state index in [1.807, 2.05) is 6.07 Å². The van der Waals surface area contributed by atoms with E-state index in [0.717, 1.165) is 11.6 Å². The number of aryl methyl sites for hydroxylation is 1. The predicted molar refractivity (Wildman–Crippen MR) is 112 cm³/mol. The van der Waals surface area contributed by atoms with E-state index in [9.17, 15) is 17.6 Å². The first-order valence-electron chi connectivity index (χ1n) is 9.62. The van der Waals surface area contributed by atoms with Crippen LogP contribution in [0.1, 0.15) is 5.56 Å². The molecule has 0 atom stereocenters. The zero-order valence-corrected chi connectivity index (χ0v) is 16.7. The van der Waals surface area contributed by atoms with Crippen molar-refractivity contribution in [2.24, 2.45) is 7.05 Å². The van der Waals surface area contributed by atoms with E-state index in [-0.39, 0.29) is 11.0 Å². The molecule has 0 aliphatic heterocycles. The number of nitrogens with one attached hydrogen (secondary N) is 1. The van der Waals surface area contributed by atoms with E-state index in [0.29, 0.717) is 28.3 Å². The lowest BCUT2D eigenvalue weighted by molar-refractivity contribution is -0.136. The van der Waals surface area contributed by atoms with Crippen molar-refractivity contribution < 1.29 is 17.6 Å². The lowest BCUT2D eigenvalue weighted by Crippen LogP contribution is -2.05. The van der Waals surface area contributed by atoms with Crippen molar-refractivity contribution in [2.45, 2.75) is 6.18 Å². The highest BCUT2D eigenvalue weighted by Crippen LogP contribution is 2.36. The topological polar surface area (TPSA) is 59.4 Å². The smallest absolute Gasteiger partial charge is 0.337 e. The molecule has 0 aliphatic rings. The van der Waals surface area contributed by atoms with Gasteiger partial charge in [0.2, 0.25) is 0 Å². The lowest BCUT2D eigenvalue weighted by Gasteiger charge is -2.10. The molecule has 5 rings (SSSR count). The van der Waals surface area contributed by atoms with Crippen LogP contribution in [0.5, 0.6) is 0 Å². The molecule has 0 spiro atoms. The van der Waals surface area contributed by atoms with Gasteiger partial charge < -0.3 is 9.55 Å². The van der Waals surface area contributed by atoms with Gasteiger partial charge in [-0.25, -0.2) is 9.37 Å². The van der Waals surface area contributed by atoms with E-state index < -0.39 is 17.6 Å². The van der Waals surface area contributed by atoms with Gasteiger partial charge in [0.15, 0.2) is 5.82 Å². The quantitative estimate of drug-likeness (QED) is 0.360. The van der Waals surface area contributed by atoms with Gasteiger partial charge in [0.25, 0.3) is 0 Å². The van der Waals surface area contributed by atoms with Crippen molar-refractivity contribution in [3.05, 3.63) is 78.4 Å². The molecule has 0 saturated carbocycles. The van der Waals surface area contributed by atoms with E-state index in [1.54, 1.807) is 35.9 Å². The molecule has 1 N–H and O–H groups in total. The summed E-state index contributed by atoms with van der Waals surface area (Å²) in [7, 11) is 1.76. The molecule has 5 nitrogen and oxygen atoms in total. The van der Waals surface area contributed by atoms with Crippen molar-refractivity contribution in [2.75, 3.05) is 0 Å². The largest absolute Gasteiger partial charge is 0.418 e. The highest BCUT2D eigenvalue weighted by Gasteiger charge is 2.33. The summed E-state index contributed by atoms with van der Waals surface area (Å²) in [6.45, 7) is 0. The van der Waals surface area contributed by atoms with Crippen molar-refractivity contribution in [1.29, 1.82) is 0 Å². The number of nitrogens with zero attached hydrogens (tertiary/aromatic N) is 4. The van der Waals surface area contributed by atoms with Crippen molar-refractivity contribution in [1.82, 2.24) is 24.7 Å². The summed E-state index contributed by atoms with van der Waals surface area (Å²) in [5.74, 6) is 0.379. The summed E-state index contributed by atoms with van der Waals surface area (Å²) in [4.78, 5) is 7.16. The number of para-hydroxylation sites is 1. The van der Waals surface area contributed by atoms with Gasteiger partial charge in [0.05, 0.1) is 16.6 Å². The van der Waals surface area contributed by atoms with Gasteiger partial charge >= 0.3 is 6.18 Å². The summed E-state index contributed by atoms with van der Waals surface area (Å²) in [6, 6.07) is 15.4. The highest BCUT2D eigenvalue weighted by atomic mass is 19.4. The second kappa shape index (κ2) is 7.30. The van der Waals surface area contributed by atoms with Crippen molar-refractivity contribution >= 4 is 11.0 Å². The molecule has 0 amide bonds. The number of aromatic amines is 1. The molecule has 32 heavy (non-hydrogen) atoms. The predicted octanol–water partition coefficient (Wildman–Crippen LogP) is 5.85. The van der Waals surface area contributed by atoms with Gasteiger partial charge in [-0.1, -0.05) is 30.3 Å². The Labute approximate surface area is 179 Å². The van der Waals surface area contributed by atoms with Crippen LogP contribution >= 0.6 is 0 Å². The van der Waals surface area contributed by atoms with Crippen LogP contribution in [-0.4, -0.2) is 24.7 Å². The van der Waals surface area contributed by atoms with Gasteiger partial charge in [0.1, 0.15) is 18.0 Å². The second-order valence-corrected chi connectivity index (χ2v) is 7.32. The van der Waals surface area contributed by atoms with E-state index in [2.05, 4.69) is 20.2 Å². The molecule has 0 aliphatic carbocycles. The average Bonchev–Trinajstić information content (AvgIpc) is 3.39. The first kappa shape index (κ1) is 19.9. The molecule has 0 saturated heterocycles. The summed E-state index contributed by atoms with van der Waals surface area (Å²) in [5.41, 5.74) is 1.97. The molecule has 2 aromatic heterocycles. The third kappa shape index (κ3) is 3.41. The van der Waals surface area contributed by atoms with Crippen LogP contribution in [0.25, 0.3) is 44.9 Å². The molecule has 160 valence electrons. The number of fused-ring (bicyclic) bond motifs is 1. The Morgan fingerprint density at radius 3 is 2.44 bits per heavy atom. The Kier molecular flexibility index (Phi) is 4.54. The molecule has 0 bridgehead atoms. The second-order valence-electron chi connectivity index (χ2n) is 7.32. The van der Waals surface area contributed by atoms with E-state index in [1.165, 1.54) is 30.6 Å². The number of benzene rings is 3. The van der Waals surface area contributed by atoms with Crippen molar-refractivity contribution in [3.8, 4) is 33.9 Å². The fourth-order valence-corrected chi connectivity index (χ4v) is 3.72. The summed E-state index contributed by atoms with van der Waals surface area (Å²) >= 11 is 0. The molecule has 5 aromatic rings. The summed E-state index contributed by atoms with van der Waals surface area (Å²) in [6.07, 6.45) is -2.97. The lowest BCUT2D eigenvalue weighted by atomic mass is 9.97. The van der Waals surface area contributed by atoms with Crippen LogP contribution in [0, 0.1) is 5.82 Å². The summed E-state index contributed by atoms with van der Waals surface area (Å²) in [5, 5.41) is 7.94. The number of imidazole rings is 1. The van der Waals surface area contributed by atoms with Crippen molar-refractivity contribution in [3.63, 3.8) is 0 Å². The maximum absolute atomic E-state index is 14.0. The van der Waals surface area contributed by atoms with Crippen LogP contribution in [0.15, 0.2) is 67.0 Å². The first-order valence-corrected chi connectivity index (χ1v) is 9.62. The highest BCUT2D eigenvalue weighted by molar-refractivity contribution is 5.85. The minimum atomic E-state index is -4.50. The van der Waals surface area contributed by atoms with Crippen LogP contribution in [0.3, 0.4) is 0 Å². The number of hydrogen-bond donors (Lipinski definition) is 1. The third-order valence-corrected chi connectivity index (χ3v) is 5.20. The van der Waals surface area contributed by atoms with Crippen LogP contribution in [0.4, 0.5) is 17.6 Å². The average molecular weight is 437 g/mol. The third-order valence-electron chi connectivity index (χ3n) is 5.20. The number of alkyl halides is 3. The summed E-state index contributed by atoms with van der Waals surface area (Å²) < 4.78 is 55.8. The molecule has 3 aromatic carbocycles. The first-order chi connectivity index (χ1) is 15.3. The van der Waals surface area contributed by atoms with Crippen LogP contribution in [-0.2, 0) is 13.2 Å². The van der Waals surface area contributed by atoms with Gasteiger partial charge in [-0.15, -0.1) is 10.2 Å². The molecule has 9 heteroatoms. The fourth-order valence-electron chi connectivity index (χ4n) is 3.72.